The number of fused-ring (bicyclic) bond motifs is 1. The molecule has 0 unspecified atom stereocenters. The van der Waals surface area contributed by atoms with Gasteiger partial charge in [-0.1, -0.05) is 12.1 Å². The monoisotopic (exact) mass is 179 g/mol. The van der Waals surface area contributed by atoms with Crippen LogP contribution in [0, 0.1) is 0 Å². The van der Waals surface area contributed by atoms with Crippen LogP contribution in [-0.2, 0) is 18.0 Å². The summed E-state index contributed by atoms with van der Waals surface area (Å²) < 4.78 is 5.20. The second-order valence-electron chi connectivity index (χ2n) is 2.87. The van der Waals surface area contributed by atoms with E-state index in [2.05, 4.69) is 5.32 Å². The highest BCUT2D eigenvalue weighted by atomic mass is 16.5. The summed E-state index contributed by atoms with van der Waals surface area (Å²) >= 11 is 0. The maximum absolute atomic E-state index is 10.4. The Morgan fingerprint density at radius 3 is 3.08 bits per heavy atom. The molecule has 1 amide bonds. The number of amides is 1. The van der Waals surface area contributed by atoms with Gasteiger partial charge in [0.25, 0.3) is 0 Å². The Bertz CT molecular complexity index is 349. The van der Waals surface area contributed by atoms with Crippen LogP contribution in [0.25, 0.3) is 0 Å². The summed E-state index contributed by atoms with van der Waals surface area (Å²) in [5.41, 5.74) is 2.64. The minimum absolute atomic E-state index is 0.492. The highest BCUT2D eigenvalue weighted by Crippen LogP contribution is 2.26. The Morgan fingerprint density at radius 1 is 1.46 bits per heavy atom. The molecule has 0 saturated heterocycles. The molecular weight excluding hydrogens is 170 g/mol. The molecule has 13 heavy (non-hydrogen) atoms. The standard InChI is InChI=1S/C9H9NO3/c11-9(12)10-8-3-1-2-6-4-13-5-7(6)8/h1-3,10H,4-5H2,(H,11,12). The van der Waals surface area contributed by atoms with Gasteiger partial charge in [-0.25, -0.2) is 4.79 Å². The van der Waals surface area contributed by atoms with E-state index < -0.39 is 6.09 Å². The second-order valence-corrected chi connectivity index (χ2v) is 2.87. The molecule has 1 aromatic rings. The molecule has 1 aromatic carbocycles. The summed E-state index contributed by atoms with van der Waals surface area (Å²) in [6, 6.07) is 5.50. The van der Waals surface area contributed by atoms with Crippen LogP contribution in [0.4, 0.5) is 10.5 Å². The van der Waals surface area contributed by atoms with Crippen molar-refractivity contribution in [3.8, 4) is 0 Å². The Kier molecular flexibility index (Phi) is 1.90. The van der Waals surface area contributed by atoms with E-state index in [0.717, 1.165) is 11.1 Å². The van der Waals surface area contributed by atoms with E-state index in [1.54, 1.807) is 6.07 Å². The van der Waals surface area contributed by atoms with Gasteiger partial charge < -0.3 is 9.84 Å². The van der Waals surface area contributed by atoms with Crippen molar-refractivity contribution in [2.24, 2.45) is 0 Å². The fraction of sp³-hybridized carbons (Fsp3) is 0.222. The van der Waals surface area contributed by atoms with Crippen molar-refractivity contribution in [3.05, 3.63) is 29.3 Å². The lowest BCUT2D eigenvalue weighted by molar-refractivity contribution is 0.134. The summed E-state index contributed by atoms with van der Waals surface area (Å²) in [7, 11) is 0. The molecular formula is C9H9NO3. The number of hydrogen-bond acceptors (Lipinski definition) is 2. The third-order valence-electron chi connectivity index (χ3n) is 2.02. The third kappa shape index (κ3) is 1.48. The molecule has 4 heteroatoms. The predicted molar refractivity (Wildman–Crippen MR) is 46.6 cm³/mol. The van der Waals surface area contributed by atoms with Crippen molar-refractivity contribution in [1.29, 1.82) is 0 Å². The summed E-state index contributed by atoms with van der Waals surface area (Å²) in [5, 5.41) is 10.9. The van der Waals surface area contributed by atoms with Crippen molar-refractivity contribution < 1.29 is 14.6 Å². The normalized spacial score (nSPS) is 13.8. The first-order chi connectivity index (χ1) is 6.27. The van der Waals surface area contributed by atoms with Gasteiger partial charge in [0.1, 0.15) is 0 Å². The smallest absolute Gasteiger partial charge is 0.409 e. The summed E-state index contributed by atoms with van der Waals surface area (Å²) in [6.45, 7) is 1.07. The minimum Gasteiger partial charge on any atom is -0.465 e. The summed E-state index contributed by atoms with van der Waals surface area (Å²) in [6.07, 6.45) is -1.04. The van der Waals surface area contributed by atoms with Crippen LogP contribution >= 0.6 is 0 Å². The van der Waals surface area contributed by atoms with Crippen molar-refractivity contribution in [2.45, 2.75) is 13.2 Å². The molecule has 0 aliphatic carbocycles. The number of ether oxygens (including phenoxy) is 1. The van der Waals surface area contributed by atoms with Crippen molar-refractivity contribution in [3.63, 3.8) is 0 Å². The highest BCUT2D eigenvalue weighted by molar-refractivity contribution is 5.84. The van der Waals surface area contributed by atoms with E-state index in [-0.39, 0.29) is 0 Å². The number of carbonyl (C=O) groups is 1. The Morgan fingerprint density at radius 2 is 2.31 bits per heavy atom. The molecule has 0 saturated carbocycles. The zero-order valence-corrected chi connectivity index (χ0v) is 6.91. The zero-order chi connectivity index (χ0) is 9.26. The number of rotatable bonds is 1. The van der Waals surface area contributed by atoms with Crippen molar-refractivity contribution >= 4 is 11.8 Å². The lowest BCUT2D eigenvalue weighted by atomic mass is 10.1. The molecule has 4 nitrogen and oxygen atoms in total. The topological polar surface area (TPSA) is 58.6 Å². The summed E-state index contributed by atoms with van der Waals surface area (Å²) in [5.74, 6) is 0. The van der Waals surface area contributed by atoms with E-state index in [1.165, 1.54) is 0 Å². The summed E-state index contributed by atoms with van der Waals surface area (Å²) in [4.78, 5) is 10.4. The predicted octanol–water partition coefficient (Wildman–Crippen LogP) is 1.81. The lowest BCUT2D eigenvalue weighted by Gasteiger charge is -2.05. The van der Waals surface area contributed by atoms with Crippen molar-refractivity contribution in [2.75, 3.05) is 5.32 Å². The number of hydrogen-bond donors (Lipinski definition) is 2. The van der Waals surface area contributed by atoms with Gasteiger partial charge in [-0.15, -0.1) is 0 Å². The van der Waals surface area contributed by atoms with Gasteiger partial charge in [-0.3, -0.25) is 5.32 Å². The third-order valence-corrected chi connectivity index (χ3v) is 2.02. The van der Waals surface area contributed by atoms with E-state index >= 15 is 0 Å². The number of nitrogens with one attached hydrogen (secondary N) is 1. The first-order valence-corrected chi connectivity index (χ1v) is 3.96. The SMILES string of the molecule is O=C(O)Nc1cccc2c1COC2. The molecule has 2 N–H and O–H groups in total. The number of benzene rings is 1. The van der Waals surface area contributed by atoms with Gasteiger partial charge in [-0.05, 0) is 11.6 Å². The van der Waals surface area contributed by atoms with E-state index in [4.69, 9.17) is 9.84 Å². The first kappa shape index (κ1) is 8.07. The van der Waals surface area contributed by atoms with Gasteiger partial charge in [0.05, 0.1) is 13.2 Å². The van der Waals surface area contributed by atoms with Crippen molar-refractivity contribution in [1.82, 2.24) is 0 Å². The second kappa shape index (κ2) is 3.06. The highest BCUT2D eigenvalue weighted by Gasteiger charge is 2.15. The Labute approximate surface area is 75.1 Å². The van der Waals surface area contributed by atoms with Gasteiger partial charge in [-0.2, -0.15) is 0 Å². The largest absolute Gasteiger partial charge is 0.465 e. The molecule has 1 heterocycles. The molecule has 2 rings (SSSR count). The van der Waals surface area contributed by atoms with E-state index in [0.29, 0.717) is 18.9 Å². The van der Waals surface area contributed by atoms with Crippen LogP contribution in [0.5, 0.6) is 0 Å². The van der Waals surface area contributed by atoms with E-state index in [1.807, 2.05) is 12.1 Å². The quantitative estimate of drug-likeness (QED) is 0.691. The molecule has 0 fully saturated rings. The Hall–Kier alpha value is -1.55. The van der Waals surface area contributed by atoms with Crippen LogP contribution in [0.3, 0.4) is 0 Å². The fourth-order valence-electron chi connectivity index (χ4n) is 1.44. The molecule has 1 aliphatic heterocycles. The van der Waals surface area contributed by atoms with Crippen LogP contribution in [0.1, 0.15) is 11.1 Å². The first-order valence-electron chi connectivity index (χ1n) is 3.96. The maximum atomic E-state index is 10.4. The average Bonchev–Trinajstić information content (AvgIpc) is 2.51. The van der Waals surface area contributed by atoms with Crippen LogP contribution in [-0.4, -0.2) is 11.2 Å². The minimum atomic E-state index is -1.04. The zero-order valence-electron chi connectivity index (χ0n) is 6.91. The average molecular weight is 179 g/mol. The molecule has 0 spiro atoms. The Balaban J connectivity index is 2.36. The van der Waals surface area contributed by atoms with Crippen LogP contribution < -0.4 is 5.32 Å². The number of anilines is 1. The van der Waals surface area contributed by atoms with Gasteiger partial charge in [0.15, 0.2) is 0 Å². The molecule has 68 valence electrons. The maximum Gasteiger partial charge on any atom is 0.409 e. The molecule has 1 aliphatic rings. The van der Waals surface area contributed by atoms with Gasteiger partial charge in [0.2, 0.25) is 0 Å². The molecule has 0 radical (unpaired) electrons. The molecule has 0 aromatic heterocycles. The van der Waals surface area contributed by atoms with Gasteiger partial charge >= 0.3 is 6.09 Å². The number of carboxylic acid groups (broad SMARTS) is 1. The molecule has 0 atom stereocenters. The fourth-order valence-corrected chi connectivity index (χ4v) is 1.44. The van der Waals surface area contributed by atoms with Gasteiger partial charge in [0, 0.05) is 11.3 Å². The van der Waals surface area contributed by atoms with Crippen LogP contribution in [0.2, 0.25) is 0 Å². The van der Waals surface area contributed by atoms with E-state index in [9.17, 15) is 4.79 Å². The van der Waals surface area contributed by atoms with Crippen LogP contribution in [0.15, 0.2) is 18.2 Å². The molecule has 0 bridgehead atoms. The lowest BCUT2D eigenvalue weighted by Crippen LogP contribution is -2.09.